The van der Waals surface area contributed by atoms with Crippen molar-refractivity contribution in [1.82, 2.24) is 4.98 Å². The van der Waals surface area contributed by atoms with Crippen molar-refractivity contribution in [3.63, 3.8) is 0 Å². The fourth-order valence-corrected chi connectivity index (χ4v) is 3.56. The first-order chi connectivity index (χ1) is 12.7. The van der Waals surface area contributed by atoms with Crippen LogP contribution >= 0.6 is 11.3 Å². The topological polar surface area (TPSA) is 127 Å². The van der Waals surface area contributed by atoms with Crippen LogP contribution in [-0.4, -0.2) is 41.7 Å². The van der Waals surface area contributed by atoms with Gasteiger partial charge in [0.25, 0.3) is 5.97 Å². The number of aromatic amines is 1. The molecule has 9 heteroatoms. The fraction of sp³-hybridized carbons (Fsp3) is 0.368. The standard InChI is InChI=1S/C13H12N3S.C6H10NO2.Cu.H2O/c1-2-7-12-11(6-1)16-13(17-12)15-9-10-5-3-4-8-14-10;8-6(9)5-3-1-2-4-7-5;;/h1-7H,8-9H2,(H,15,16);5H,1-4H2,(H,8,9);;1H2/q2*-1;+1;/p+1. The maximum Gasteiger partial charge on any atom is 1.00 e. The van der Waals surface area contributed by atoms with Gasteiger partial charge in [-0.05, 0) is 18.2 Å². The van der Waals surface area contributed by atoms with E-state index in [1.165, 1.54) is 4.70 Å². The van der Waals surface area contributed by atoms with Crippen molar-refractivity contribution in [2.24, 2.45) is 4.99 Å². The number of thiazole rings is 1. The summed E-state index contributed by atoms with van der Waals surface area (Å²) in [4.78, 5) is 19.1. The number of benzene rings is 1. The number of nitrogens with zero attached hydrogens (tertiary/aromatic N) is 3. The van der Waals surface area contributed by atoms with Crippen molar-refractivity contribution < 1.29 is 32.4 Å². The van der Waals surface area contributed by atoms with Crippen LogP contribution in [0.25, 0.3) is 20.9 Å². The molecule has 1 atom stereocenters. The quantitative estimate of drug-likeness (QED) is 0.548. The summed E-state index contributed by atoms with van der Waals surface area (Å²) < 4.78 is 1.24. The predicted octanol–water partition coefficient (Wildman–Crippen LogP) is 3.03. The Balaban J connectivity index is 0.000000308. The summed E-state index contributed by atoms with van der Waals surface area (Å²) in [6.07, 6.45) is 8.89. The number of carboxylic acids is 1. The zero-order chi connectivity index (χ0) is 18.2. The van der Waals surface area contributed by atoms with Gasteiger partial charge in [0.1, 0.15) is 0 Å². The van der Waals surface area contributed by atoms with Crippen LogP contribution in [0.2, 0.25) is 0 Å². The first-order valence-corrected chi connectivity index (χ1v) is 9.55. The number of carboxylic acid groups (broad SMARTS) is 1. The number of aliphatic carboxylic acids is 1. The molecule has 0 bridgehead atoms. The molecule has 4 rings (SSSR count). The molecule has 7 nitrogen and oxygen atoms in total. The molecule has 0 saturated carbocycles. The van der Waals surface area contributed by atoms with E-state index in [0.29, 0.717) is 6.54 Å². The first-order valence-electron chi connectivity index (χ1n) is 8.73. The van der Waals surface area contributed by atoms with Gasteiger partial charge in [-0.1, -0.05) is 54.9 Å². The number of piperidine rings is 1. The molecule has 5 N–H and O–H groups in total. The van der Waals surface area contributed by atoms with Crippen LogP contribution < -0.4 is 4.80 Å². The van der Waals surface area contributed by atoms with E-state index in [4.69, 9.17) is 5.11 Å². The number of allylic oxidation sites excluding steroid dienone is 2. The summed E-state index contributed by atoms with van der Waals surface area (Å²) in [6, 6.07) is 7.83. The van der Waals surface area contributed by atoms with Gasteiger partial charge >= 0.3 is 17.1 Å². The number of hydrogen-bond acceptors (Lipinski definition) is 3. The van der Waals surface area contributed by atoms with Crippen LogP contribution in [0.4, 0.5) is 0 Å². The number of nitrogens with one attached hydrogen (secondary N) is 1. The number of rotatable bonds is 3. The average Bonchev–Trinajstić information content (AvgIpc) is 3.11. The molecule has 3 heterocycles. The second-order valence-corrected chi connectivity index (χ2v) is 7.06. The van der Waals surface area contributed by atoms with Gasteiger partial charge in [-0.25, -0.2) is 0 Å². The van der Waals surface area contributed by atoms with Crippen LogP contribution in [0.1, 0.15) is 19.3 Å². The minimum absolute atomic E-state index is 0. The van der Waals surface area contributed by atoms with Crippen molar-refractivity contribution in [2.45, 2.75) is 25.3 Å². The van der Waals surface area contributed by atoms with Gasteiger partial charge in [-0.3, -0.25) is 9.79 Å². The van der Waals surface area contributed by atoms with Crippen molar-refractivity contribution in [2.75, 3.05) is 19.6 Å². The summed E-state index contributed by atoms with van der Waals surface area (Å²) in [5.41, 5.74) is 2.18. The number of hydrogen-bond donors (Lipinski definition) is 2. The van der Waals surface area contributed by atoms with Crippen LogP contribution in [0.3, 0.4) is 0 Å². The molecule has 28 heavy (non-hydrogen) atoms. The SMILES string of the molecule is C1=CC[N-]C(CN=c2[nH]c3ccccc3s2)=C1.O=C(O)C1CCCC[N-]1.[Cu+].[OH3+]. The summed E-state index contributed by atoms with van der Waals surface area (Å²) in [7, 11) is 0. The van der Waals surface area contributed by atoms with Crippen LogP contribution in [0, 0.1) is 0 Å². The van der Waals surface area contributed by atoms with E-state index in [2.05, 4.69) is 32.7 Å². The van der Waals surface area contributed by atoms with Gasteiger partial charge in [-0.15, -0.1) is 24.9 Å². The Hall–Kier alpha value is -1.90. The second kappa shape index (κ2) is 12.5. The summed E-state index contributed by atoms with van der Waals surface area (Å²) >= 11 is 1.68. The monoisotopic (exact) mass is 452 g/mol. The van der Waals surface area contributed by atoms with E-state index >= 15 is 0 Å². The van der Waals surface area contributed by atoms with Gasteiger partial charge in [0.15, 0.2) is 4.80 Å². The molecule has 0 aliphatic carbocycles. The van der Waals surface area contributed by atoms with E-state index in [9.17, 15) is 4.79 Å². The molecular formula is C19H25CuN4O3S. The van der Waals surface area contributed by atoms with E-state index in [1.54, 1.807) is 11.3 Å². The number of aromatic nitrogens is 1. The van der Waals surface area contributed by atoms with Crippen LogP contribution in [-0.2, 0) is 27.3 Å². The van der Waals surface area contributed by atoms with Crippen molar-refractivity contribution in [1.29, 1.82) is 0 Å². The van der Waals surface area contributed by atoms with E-state index in [-0.39, 0.29) is 22.5 Å². The second-order valence-electron chi connectivity index (χ2n) is 6.03. The fourth-order valence-electron chi connectivity index (χ4n) is 2.68. The Morgan fingerprint density at radius 2 is 2.14 bits per heavy atom. The Kier molecular flexibility index (Phi) is 10.8. The third-order valence-electron chi connectivity index (χ3n) is 4.06. The first kappa shape index (κ1) is 24.1. The smallest absolute Gasteiger partial charge is 0.683 e. The molecule has 1 saturated heterocycles. The normalized spacial score (nSPS) is 18.6. The van der Waals surface area contributed by atoms with Gasteiger partial charge in [-0.2, -0.15) is 0 Å². The van der Waals surface area contributed by atoms with E-state index < -0.39 is 12.0 Å². The van der Waals surface area contributed by atoms with Crippen LogP contribution in [0.5, 0.6) is 0 Å². The zero-order valence-electron chi connectivity index (χ0n) is 15.3. The molecule has 0 spiro atoms. The Labute approximate surface area is 178 Å². The van der Waals surface area contributed by atoms with Gasteiger partial charge in [0.2, 0.25) is 0 Å². The maximum absolute atomic E-state index is 10.3. The largest absolute Gasteiger partial charge is 1.00 e. The van der Waals surface area contributed by atoms with Gasteiger partial charge in [0.05, 0.1) is 10.2 Å². The minimum atomic E-state index is -0.769. The summed E-state index contributed by atoms with van der Waals surface area (Å²) in [6.45, 7) is 2.15. The third kappa shape index (κ3) is 7.26. The van der Waals surface area contributed by atoms with Crippen LogP contribution in [0.15, 0.2) is 53.2 Å². The molecule has 2 aliphatic rings. The summed E-state index contributed by atoms with van der Waals surface area (Å²) in [5.74, 6) is -0.769. The number of H-pyrrole nitrogens is 1. The number of carbonyl (C=O) groups is 1. The molecule has 2 aromatic rings. The molecule has 1 unspecified atom stereocenters. The van der Waals surface area contributed by atoms with Crippen molar-refractivity contribution in [3.05, 3.63) is 63.6 Å². The molecule has 2 aliphatic heterocycles. The third-order valence-corrected chi connectivity index (χ3v) is 5.07. The molecule has 1 fully saturated rings. The molecular weight excluding hydrogens is 428 g/mol. The average molecular weight is 453 g/mol. The Morgan fingerprint density at radius 1 is 1.32 bits per heavy atom. The Bertz CT molecular complexity index is 833. The van der Waals surface area contributed by atoms with E-state index in [1.807, 2.05) is 30.4 Å². The summed E-state index contributed by atoms with van der Waals surface area (Å²) in [5, 5.41) is 16.7. The van der Waals surface area contributed by atoms with Gasteiger partial charge < -0.3 is 26.2 Å². The number of para-hydroxylation sites is 1. The number of fused-ring (bicyclic) bond motifs is 1. The molecule has 0 amide bonds. The van der Waals surface area contributed by atoms with Crippen molar-refractivity contribution in [3.8, 4) is 0 Å². The van der Waals surface area contributed by atoms with Gasteiger partial charge in [0, 0.05) is 6.54 Å². The molecule has 1 aromatic heterocycles. The maximum atomic E-state index is 10.3. The molecule has 156 valence electrons. The zero-order valence-corrected chi connectivity index (χ0v) is 17.1. The van der Waals surface area contributed by atoms with E-state index in [0.717, 1.165) is 48.4 Å². The molecule has 1 aromatic carbocycles. The van der Waals surface area contributed by atoms with Crippen molar-refractivity contribution >= 4 is 27.5 Å². The minimum Gasteiger partial charge on any atom is -0.683 e. The molecule has 0 radical (unpaired) electrons. The Morgan fingerprint density at radius 3 is 2.75 bits per heavy atom. The predicted molar refractivity (Wildman–Crippen MR) is 110 cm³/mol.